The lowest BCUT2D eigenvalue weighted by Crippen LogP contribution is -2.16. The highest BCUT2D eigenvalue weighted by Crippen LogP contribution is 2.39. The molecule has 0 amide bonds. The average molecular weight is 215 g/mol. The van der Waals surface area contributed by atoms with E-state index in [4.69, 9.17) is 0 Å². The minimum Gasteiger partial charge on any atom is -0.263 e. The number of hydrogen-bond donors (Lipinski definition) is 0. The SMILES string of the molecule is C[Si](C)(C)C#Cc1cncc(C2CC2)c1. The van der Waals surface area contributed by atoms with Crippen molar-refractivity contribution in [1.29, 1.82) is 0 Å². The molecule has 0 atom stereocenters. The highest BCUT2D eigenvalue weighted by molar-refractivity contribution is 6.83. The molecule has 15 heavy (non-hydrogen) atoms. The molecule has 0 radical (unpaired) electrons. The van der Waals surface area contributed by atoms with Gasteiger partial charge in [-0.3, -0.25) is 4.98 Å². The molecule has 0 unspecified atom stereocenters. The number of nitrogens with zero attached hydrogens (tertiary/aromatic N) is 1. The van der Waals surface area contributed by atoms with Crippen LogP contribution in [0.1, 0.15) is 29.9 Å². The van der Waals surface area contributed by atoms with Crippen LogP contribution in [-0.4, -0.2) is 13.1 Å². The van der Waals surface area contributed by atoms with Crippen molar-refractivity contribution in [2.24, 2.45) is 0 Å². The second kappa shape index (κ2) is 3.82. The van der Waals surface area contributed by atoms with Crippen LogP contribution in [-0.2, 0) is 0 Å². The number of pyridine rings is 1. The average Bonchev–Trinajstić information content (AvgIpc) is 2.97. The zero-order valence-electron chi connectivity index (χ0n) is 9.67. The number of rotatable bonds is 1. The van der Waals surface area contributed by atoms with Crippen molar-refractivity contribution in [3.63, 3.8) is 0 Å². The van der Waals surface area contributed by atoms with Gasteiger partial charge in [0.15, 0.2) is 0 Å². The van der Waals surface area contributed by atoms with Gasteiger partial charge in [-0.1, -0.05) is 25.6 Å². The molecule has 0 aromatic carbocycles. The maximum atomic E-state index is 4.26. The Kier molecular flexibility index (Phi) is 2.66. The van der Waals surface area contributed by atoms with Crippen LogP contribution < -0.4 is 0 Å². The van der Waals surface area contributed by atoms with Crippen molar-refractivity contribution < 1.29 is 0 Å². The van der Waals surface area contributed by atoms with Crippen molar-refractivity contribution >= 4 is 8.07 Å². The fraction of sp³-hybridized carbons (Fsp3) is 0.462. The molecule has 1 aliphatic rings. The van der Waals surface area contributed by atoms with Crippen molar-refractivity contribution in [1.82, 2.24) is 4.98 Å². The fourth-order valence-corrected chi connectivity index (χ4v) is 1.95. The first-order valence-electron chi connectivity index (χ1n) is 5.53. The van der Waals surface area contributed by atoms with Crippen LogP contribution in [0.3, 0.4) is 0 Å². The van der Waals surface area contributed by atoms with E-state index in [1.165, 1.54) is 18.4 Å². The Morgan fingerprint density at radius 1 is 1.27 bits per heavy atom. The summed E-state index contributed by atoms with van der Waals surface area (Å²) in [6, 6.07) is 2.21. The van der Waals surface area contributed by atoms with Gasteiger partial charge in [0.25, 0.3) is 0 Å². The van der Waals surface area contributed by atoms with E-state index in [1.54, 1.807) is 0 Å². The Hall–Kier alpha value is -1.07. The first-order chi connectivity index (χ1) is 7.04. The fourth-order valence-electron chi connectivity index (χ4n) is 1.43. The van der Waals surface area contributed by atoms with E-state index in [2.05, 4.69) is 42.2 Å². The molecule has 0 spiro atoms. The van der Waals surface area contributed by atoms with Crippen molar-refractivity contribution in [3.05, 3.63) is 29.6 Å². The third-order valence-corrected chi connectivity index (χ3v) is 3.26. The van der Waals surface area contributed by atoms with Gasteiger partial charge in [0, 0.05) is 18.0 Å². The molecule has 1 aromatic rings. The van der Waals surface area contributed by atoms with Gasteiger partial charge >= 0.3 is 0 Å². The zero-order valence-corrected chi connectivity index (χ0v) is 10.7. The second-order valence-electron chi connectivity index (χ2n) is 5.28. The van der Waals surface area contributed by atoms with Crippen LogP contribution in [0.2, 0.25) is 19.6 Å². The summed E-state index contributed by atoms with van der Waals surface area (Å²) >= 11 is 0. The highest BCUT2D eigenvalue weighted by atomic mass is 28.3. The minimum absolute atomic E-state index is 0.770. The summed E-state index contributed by atoms with van der Waals surface area (Å²) < 4.78 is 0. The maximum Gasteiger partial charge on any atom is 0.129 e. The van der Waals surface area contributed by atoms with E-state index in [0.29, 0.717) is 0 Å². The van der Waals surface area contributed by atoms with Crippen molar-refractivity contribution in [3.8, 4) is 11.5 Å². The standard InChI is InChI=1S/C13H17NSi/c1-15(2,3)7-6-11-8-13(10-14-9-11)12-4-5-12/h8-10,12H,4-5H2,1-3H3. The van der Waals surface area contributed by atoms with Crippen molar-refractivity contribution in [2.45, 2.75) is 38.4 Å². The number of aromatic nitrogens is 1. The second-order valence-corrected chi connectivity index (χ2v) is 10.0. The Labute approximate surface area is 92.9 Å². The van der Waals surface area contributed by atoms with E-state index in [9.17, 15) is 0 Å². The molecule has 0 aliphatic heterocycles. The summed E-state index contributed by atoms with van der Waals surface area (Å²) in [5.41, 5.74) is 5.83. The Morgan fingerprint density at radius 3 is 2.60 bits per heavy atom. The Bertz CT molecular complexity index is 416. The predicted molar refractivity (Wildman–Crippen MR) is 66.4 cm³/mol. The molecule has 2 heteroatoms. The van der Waals surface area contributed by atoms with Gasteiger partial charge in [-0.25, -0.2) is 0 Å². The van der Waals surface area contributed by atoms with Crippen LogP contribution >= 0.6 is 0 Å². The topological polar surface area (TPSA) is 12.9 Å². The molecule has 78 valence electrons. The molecule has 0 bridgehead atoms. The minimum atomic E-state index is -1.26. The zero-order chi connectivity index (χ0) is 10.9. The van der Waals surface area contributed by atoms with E-state index in [-0.39, 0.29) is 0 Å². The van der Waals surface area contributed by atoms with E-state index in [1.807, 2.05) is 12.4 Å². The van der Waals surface area contributed by atoms with E-state index in [0.717, 1.165) is 11.5 Å². The smallest absolute Gasteiger partial charge is 0.129 e. The van der Waals surface area contributed by atoms with Crippen LogP contribution in [0, 0.1) is 11.5 Å². The van der Waals surface area contributed by atoms with Gasteiger partial charge in [-0.05, 0) is 30.4 Å². The Morgan fingerprint density at radius 2 is 2.00 bits per heavy atom. The molecule has 1 aliphatic carbocycles. The quantitative estimate of drug-likeness (QED) is 0.518. The third kappa shape index (κ3) is 3.21. The summed E-state index contributed by atoms with van der Waals surface area (Å²) in [5, 5.41) is 0. The molecule has 1 heterocycles. The summed E-state index contributed by atoms with van der Waals surface area (Å²) in [4.78, 5) is 4.26. The van der Waals surface area contributed by atoms with Crippen LogP contribution in [0.25, 0.3) is 0 Å². The lowest BCUT2D eigenvalue weighted by molar-refractivity contribution is 1.09. The molecule has 0 N–H and O–H groups in total. The molecule has 1 saturated carbocycles. The van der Waals surface area contributed by atoms with Gasteiger partial charge in [0.05, 0.1) is 0 Å². The Balaban J connectivity index is 2.20. The summed E-state index contributed by atoms with van der Waals surface area (Å²) in [5.74, 6) is 4.03. The summed E-state index contributed by atoms with van der Waals surface area (Å²) in [7, 11) is -1.26. The lowest BCUT2D eigenvalue weighted by Gasteiger charge is -2.03. The largest absolute Gasteiger partial charge is 0.263 e. The van der Waals surface area contributed by atoms with Gasteiger partial charge < -0.3 is 0 Å². The molecule has 0 saturated heterocycles. The number of hydrogen-bond acceptors (Lipinski definition) is 1. The van der Waals surface area contributed by atoms with Gasteiger partial charge in [-0.2, -0.15) is 0 Å². The van der Waals surface area contributed by atoms with Crippen LogP contribution in [0.15, 0.2) is 18.5 Å². The highest BCUT2D eigenvalue weighted by Gasteiger charge is 2.23. The van der Waals surface area contributed by atoms with Gasteiger partial charge in [0.2, 0.25) is 0 Å². The van der Waals surface area contributed by atoms with Gasteiger partial charge in [0.1, 0.15) is 8.07 Å². The van der Waals surface area contributed by atoms with Crippen molar-refractivity contribution in [2.75, 3.05) is 0 Å². The first-order valence-corrected chi connectivity index (χ1v) is 9.03. The molecular formula is C13H17NSi. The lowest BCUT2D eigenvalue weighted by atomic mass is 10.1. The van der Waals surface area contributed by atoms with E-state index < -0.39 is 8.07 Å². The van der Waals surface area contributed by atoms with Crippen LogP contribution in [0.5, 0.6) is 0 Å². The first kappa shape index (κ1) is 10.4. The molecule has 1 fully saturated rings. The summed E-state index contributed by atoms with van der Waals surface area (Å²) in [6.45, 7) is 6.79. The monoisotopic (exact) mass is 215 g/mol. The molecule has 2 rings (SSSR count). The predicted octanol–water partition coefficient (Wildman–Crippen LogP) is 3.19. The molecular weight excluding hydrogens is 198 g/mol. The normalized spacial score (nSPS) is 15.7. The third-order valence-electron chi connectivity index (χ3n) is 2.39. The summed E-state index contributed by atoms with van der Waals surface area (Å²) in [6.07, 6.45) is 6.51. The maximum absolute atomic E-state index is 4.26. The van der Waals surface area contributed by atoms with Crippen LogP contribution in [0.4, 0.5) is 0 Å². The van der Waals surface area contributed by atoms with E-state index >= 15 is 0 Å². The molecule has 1 nitrogen and oxygen atoms in total. The molecule has 1 aromatic heterocycles. The van der Waals surface area contributed by atoms with Gasteiger partial charge in [-0.15, -0.1) is 5.54 Å².